The Morgan fingerprint density at radius 3 is 2.67 bits per heavy atom. The summed E-state index contributed by atoms with van der Waals surface area (Å²) in [6.07, 6.45) is 0. The fraction of sp³-hybridized carbons (Fsp3) is 0.667. The molecule has 1 aromatic heterocycles. The van der Waals surface area contributed by atoms with Gasteiger partial charge in [0.1, 0.15) is 0 Å². The van der Waals surface area contributed by atoms with E-state index in [1.807, 2.05) is 0 Å². The Morgan fingerprint density at radius 2 is 2.20 bits per heavy atom. The minimum Gasteiger partial charge on any atom is -0.396 e. The first-order chi connectivity index (χ1) is 7.09. The average Bonchev–Trinajstić information content (AvgIpc) is 2.64. The van der Waals surface area contributed by atoms with Crippen molar-refractivity contribution in [1.29, 1.82) is 0 Å². The van der Waals surface area contributed by atoms with Crippen LogP contribution >= 0.6 is 11.3 Å². The monoisotopic (exact) mass is 232 g/mol. The summed E-state index contributed by atoms with van der Waals surface area (Å²) in [7, 11) is 0. The van der Waals surface area contributed by atoms with E-state index in [2.05, 4.69) is 10.3 Å². The number of H-pyrrole nitrogens is 1. The summed E-state index contributed by atoms with van der Waals surface area (Å²) in [6, 6.07) is 0. The molecule has 4 N–H and O–H groups in total. The van der Waals surface area contributed by atoms with E-state index in [9.17, 15) is 4.79 Å². The SMILES string of the molecule is CC(CO)(CO)CNCc1csc(=O)[nH]1. The van der Waals surface area contributed by atoms with Crippen LogP contribution in [0.15, 0.2) is 10.2 Å². The van der Waals surface area contributed by atoms with E-state index in [1.54, 1.807) is 12.3 Å². The van der Waals surface area contributed by atoms with Crippen LogP contribution in [0.2, 0.25) is 0 Å². The lowest BCUT2D eigenvalue weighted by atomic mass is 9.93. The van der Waals surface area contributed by atoms with Crippen LogP contribution in [-0.2, 0) is 6.54 Å². The molecule has 1 aromatic rings. The Kier molecular flexibility index (Phi) is 4.46. The van der Waals surface area contributed by atoms with Crippen LogP contribution in [0.5, 0.6) is 0 Å². The number of nitrogens with one attached hydrogen (secondary N) is 2. The summed E-state index contributed by atoms with van der Waals surface area (Å²) in [6.45, 7) is 2.68. The van der Waals surface area contributed by atoms with E-state index < -0.39 is 5.41 Å². The molecule has 5 nitrogen and oxygen atoms in total. The van der Waals surface area contributed by atoms with E-state index in [-0.39, 0.29) is 18.1 Å². The van der Waals surface area contributed by atoms with Crippen LogP contribution in [0.25, 0.3) is 0 Å². The molecular weight excluding hydrogens is 216 g/mol. The highest BCUT2D eigenvalue weighted by molar-refractivity contribution is 7.07. The van der Waals surface area contributed by atoms with Gasteiger partial charge in [-0.3, -0.25) is 4.79 Å². The molecular formula is C9H16N2O3S. The maximum absolute atomic E-state index is 10.8. The second kappa shape index (κ2) is 5.41. The molecule has 0 atom stereocenters. The van der Waals surface area contributed by atoms with Gasteiger partial charge >= 0.3 is 4.87 Å². The van der Waals surface area contributed by atoms with Crippen LogP contribution in [0.1, 0.15) is 12.6 Å². The Balaban J connectivity index is 2.35. The van der Waals surface area contributed by atoms with Gasteiger partial charge in [-0.1, -0.05) is 18.3 Å². The van der Waals surface area contributed by atoms with Crippen LogP contribution in [-0.4, -0.2) is 35.0 Å². The van der Waals surface area contributed by atoms with Gasteiger partial charge in [0.15, 0.2) is 0 Å². The Hall–Kier alpha value is -0.690. The van der Waals surface area contributed by atoms with Gasteiger partial charge in [-0.15, -0.1) is 0 Å². The lowest BCUT2D eigenvalue weighted by Gasteiger charge is -2.24. The molecule has 0 aromatic carbocycles. The normalized spacial score (nSPS) is 11.9. The molecule has 15 heavy (non-hydrogen) atoms. The Labute approximate surface area is 91.8 Å². The number of aromatic amines is 1. The van der Waals surface area contributed by atoms with Gasteiger partial charge in [0.05, 0.1) is 13.2 Å². The molecule has 0 aliphatic heterocycles. The molecule has 0 unspecified atom stereocenters. The topological polar surface area (TPSA) is 85.3 Å². The molecule has 0 aliphatic rings. The van der Waals surface area contributed by atoms with Crippen LogP contribution in [0.3, 0.4) is 0 Å². The Bertz CT molecular complexity index is 343. The summed E-state index contributed by atoms with van der Waals surface area (Å²) >= 11 is 1.12. The lowest BCUT2D eigenvalue weighted by molar-refractivity contribution is 0.0694. The molecule has 1 heterocycles. The minimum atomic E-state index is -0.518. The van der Waals surface area contributed by atoms with Gasteiger partial charge in [-0.05, 0) is 0 Å². The average molecular weight is 232 g/mol. The van der Waals surface area contributed by atoms with Crippen molar-refractivity contribution in [1.82, 2.24) is 10.3 Å². The van der Waals surface area contributed by atoms with E-state index in [4.69, 9.17) is 10.2 Å². The van der Waals surface area contributed by atoms with Gasteiger partial charge in [0.2, 0.25) is 0 Å². The standard InChI is InChI=1S/C9H16N2O3S/c1-9(5-12,6-13)4-10-2-7-3-15-8(14)11-7/h3,10,12-13H,2,4-6H2,1H3,(H,11,14). The van der Waals surface area contributed by atoms with Crippen LogP contribution < -0.4 is 10.2 Å². The molecule has 0 bridgehead atoms. The summed E-state index contributed by atoms with van der Waals surface area (Å²) in [4.78, 5) is 13.4. The van der Waals surface area contributed by atoms with Crippen molar-refractivity contribution in [2.75, 3.05) is 19.8 Å². The van der Waals surface area contributed by atoms with Crippen molar-refractivity contribution in [3.63, 3.8) is 0 Å². The highest BCUT2D eigenvalue weighted by Gasteiger charge is 2.21. The van der Waals surface area contributed by atoms with Gasteiger partial charge in [-0.2, -0.15) is 0 Å². The smallest absolute Gasteiger partial charge is 0.304 e. The quantitative estimate of drug-likeness (QED) is 0.533. The molecule has 0 saturated carbocycles. The number of rotatable bonds is 6. The molecule has 0 amide bonds. The first-order valence-corrected chi connectivity index (χ1v) is 5.57. The summed E-state index contributed by atoms with van der Waals surface area (Å²) in [5.41, 5.74) is 0.305. The third-order valence-electron chi connectivity index (χ3n) is 2.20. The van der Waals surface area contributed by atoms with Crippen molar-refractivity contribution < 1.29 is 10.2 Å². The van der Waals surface area contributed by atoms with Crippen molar-refractivity contribution in [2.24, 2.45) is 5.41 Å². The van der Waals surface area contributed by atoms with Crippen molar-refractivity contribution >= 4 is 11.3 Å². The summed E-state index contributed by atoms with van der Waals surface area (Å²) in [5.74, 6) is 0. The van der Waals surface area contributed by atoms with E-state index in [0.29, 0.717) is 13.1 Å². The van der Waals surface area contributed by atoms with Gasteiger partial charge in [0, 0.05) is 29.6 Å². The minimum absolute atomic E-state index is 0.0705. The fourth-order valence-corrected chi connectivity index (χ4v) is 1.64. The zero-order valence-electron chi connectivity index (χ0n) is 8.62. The molecule has 0 saturated heterocycles. The van der Waals surface area contributed by atoms with Gasteiger partial charge < -0.3 is 20.5 Å². The number of aliphatic hydroxyl groups is 2. The van der Waals surface area contributed by atoms with E-state index >= 15 is 0 Å². The molecule has 6 heteroatoms. The van der Waals surface area contributed by atoms with E-state index in [0.717, 1.165) is 17.0 Å². The zero-order valence-corrected chi connectivity index (χ0v) is 9.43. The number of hydrogen-bond donors (Lipinski definition) is 4. The largest absolute Gasteiger partial charge is 0.396 e. The first kappa shape index (κ1) is 12.4. The predicted molar refractivity (Wildman–Crippen MR) is 58.9 cm³/mol. The van der Waals surface area contributed by atoms with E-state index in [1.165, 1.54) is 0 Å². The summed E-state index contributed by atoms with van der Waals surface area (Å²) in [5, 5.41) is 22.9. The van der Waals surface area contributed by atoms with Gasteiger partial charge in [-0.25, -0.2) is 0 Å². The zero-order chi connectivity index (χ0) is 11.3. The predicted octanol–water partition coefficient (Wildman–Crippen LogP) is -0.483. The molecule has 86 valence electrons. The molecule has 0 aliphatic carbocycles. The third kappa shape index (κ3) is 3.75. The molecule has 1 rings (SSSR count). The first-order valence-electron chi connectivity index (χ1n) is 4.69. The summed E-state index contributed by atoms with van der Waals surface area (Å²) < 4.78 is 0. The maximum Gasteiger partial charge on any atom is 0.304 e. The van der Waals surface area contributed by atoms with Crippen LogP contribution in [0.4, 0.5) is 0 Å². The fourth-order valence-electron chi connectivity index (χ4n) is 1.06. The van der Waals surface area contributed by atoms with Crippen molar-refractivity contribution in [3.8, 4) is 0 Å². The highest BCUT2D eigenvalue weighted by atomic mass is 32.1. The number of aliphatic hydroxyl groups excluding tert-OH is 2. The second-order valence-corrected chi connectivity index (χ2v) is 4.75. The second-order valence-electron chi connectivity index (χ2n) is 3.90. The molecule has 0 spiro atoms. The maximum atomic E-state index is 10.8. The van der Waals surface area contributed by atoms with Crippen molar-refractivity contribution in [3.05, 3.63) is 20.7 Å². The Morgan fingerprint density at radius 1 is 1.53 bits per heavy atom. The molecule has 0 fully saturated rings. The van der Waals surface area contributed by atoms with Crippen molar-refractivity contribution in [2.45, 2.75) is 13.5 Å². The number of hydrogen-bond acceptors (Lipinski definition) is 5. The molecule has 0 radical (unpaired) electrons. The highest BCUT2D eigenvalue weighted by Crippen LogP contribution is 2.12. The van der Waals surface area contributed by atoms with Gasteiger partial charge in [0.25, 0.3) is 0 Å². The number of thiazole rings is 1. The number of aromatic nitrogens is 1. The van der Waals surface area contributed by atoms with Crippen LogP contribution in [0, 0.1) is 5.41 Å². The third-order valence-corrected chi connectivity index (χ3v) is 2.92. The lowest BCUT2D eigenvalue weighted by Crippen LogP contribution is -2.37.